The second kappa shape index (κ2) is 15.2. The van der Waals surface area contributed by atoms with E-state index in [1.165, 1.54) is 0 Å². The van der Waals surface area contributed by atoms with E-state index >= 15 is 0 Å². The summed E-state index contributed by atoms with van der Waals surface area (Å²) in [6.45, 7) is 10.6. The lowest BCUT2D eigenvalue weighted by Crippen LogP contribution is -2.35. The predicted octanol–water partition coefficient (Wildman–Crippen LogP) is 7.44. The lowest BCUT2D eigenvalue weighted by atomic mass is 9.98. The molecule has 0 radical (unpaired) electrons. The first-order valence-corrected chi connectivity index (χ1v) is 16.9. The number of esters is 1. The minimum Gasteiger partial charge on any atom is -0.493 e. The first kappa shape index (κ1) is 35.5. The molecule has 0 aliphatic heterocycles. The first-order chi connectivity index (χ1) is 23.4. The minimum atomic E-state index is -0.605. The predicted molar refractivity (Wildman–Crippen MR) is 192 cm³/mol. The van der Waals surface area contributed by atoms with Gasteiger partial charge in [0.1, 0.15) is 17.0 Å². The van der Waals surface area contributed by atoms with Crippen LogP contribution in [0.3, 0.4) is 0 Å². The van der Waals surface area contributed by atoms with Gasteiger partial charge in [0.05, 0.1) is 31.0 Å². The Morgan fingerprint density at radius 3 is 2.43 bits per heavy atom. The standard InChI is InChI=1S/C39H48N4O6/c1-8-47-37(45)36-30(20-13-24-48-33-21-11-16-27-15-9-10-17-28(27)33)29-18-12-19-31(34-26(2)42(7)40-32(34)25-44)35(29)43(36)23-14-22-41(6)38(46)49-39(3,4)5/h9-12,15-19,21,44H,8,13-14,20,22-25H2,1-7H3. The van der Waals surface area contributed by atoms with Crippen LogP contribution in [-0.4, -0.2) is 68.8 Å². The topological polar surface area (TPSA) is 108 Å². The molecule has 2 heterocycles. The van der Waals surface area contributed by atoms with Crippen LogP contribution in [0.1, 0.15) is 68.0 Å². The summed E-state index contributed by atoms with van der Waals surface area (Å²) in [6, 6.07) is 20.2. The molecule has 0 bridgehead atoms. The molecule has 0 fully saturated rings. The van der Waals surface area contributed by atoms with Crippen molar-refractivity contribution in [2.24, 2.45) is 7.05 Å². The van der Waals surface area contributed by atoms with Gasteiger partial charge < -0.3 is 28.8 Å². The van der Waals surface area contributed by atoms with Crippen molar-refractivity contribution in [2.75, 3.05) is 26.8 Å². The fraction of sp³-hybridized carbons (Fsp3) is 0.410. The fourth-order valence-corrected chi connectivity index (χ4v) is 6.38. The zero-order valence-electron chi connectivity index (χ0n) is 29.7. The number of amides is 1. The third kappa shape index (κ3) is 7.75. The molecule has 0 aliphatic rings. The van der Waals surface area contributed by atoms with Crippen molar-refractivity contribution in [1.29, 1.82) is 0 Å². The van der Waals surface area contributed by atoms with Crippen LogP contribution in [0, 0.1) is 6.92 Å². The van der Waals surface area contributed by atoms with Crippen molar-refractivity contribution in [3.05, 3.63) is 83.3 Å². The van der Waals surface area contributed by atoms with Crippen LogP contribution in [0.2, 0.25) is 0 Å². The molecule has 0 saturated heterocycles. The highest BCUT2D eigenvalue weighted by Crippen LogP contribution is 2.38. The average Bonchev–Trinajstić information content (AvgIpc) is 3.54. The number of benzene rings is 3. The number of aliphatic hydroxyl groups is 1. The highest BCUT2D eigenvalue weighted by atomic mass is 16.6. The Hall–Kier alpha value is -4.83. The Balaban J connectivity index is 1.54. The highest BCUT2D eigenvalue weighted by molar-refractivity contribution is 6.05. The number of carbonyl (C=O) groups excluding carboxylic acids is 2. The number of fused-ring (bicyclic) bond motifs is 2. The van der Waals surface area contributed by atoms with Crippen molar-refractivity contribution >= 4 is 33.7 Å². The van der Waals surface area contributed by atoms with E-state index in [1.54, 1.807) is 23.6 Å². The van der Waals surface area contributed by atoms with E-state index in [0.29, 0.717) is 50.3 Å². The van der Waals surface area contributed by atoms with Crippen molar-refractivity contribution in [3.8, 4) is 16.9 Å². The molecule has 5 rings (SSSR count). The second-order valence-electron chi connectivity index (χ2n) is 13.3. The smallest absolute Gasteiger partial charge is 0.410 e. The van der Waals surface area contributed by atoms with Gasteiger partial charge in [0.15, 0.2) is 0 Å². The fourth-order valence-electron chi connectivity index (χ4n) is 6.38. The highest BCUT2D eigenvalue weighted by Gasteiger charge is 2.28. The molecule has 0 aliphatic carbocycles. The molecule has 10 heteroatoms. The van der Waals surface area contributed by atoms with Crippen LogP contribution in [0.25, 0.3) is 32.8 Å². The molecule has 0 unspecified atom stereocenters. The van der Waals surface area contributed by atoms with Crippen molar-refractivity contribution in [1.82, 2.24) is 19.2 Å². The third-order valence-corrected chi connectivity index (χ3v) is 8.64. The molecule has 1 amide bonds. The Morgan fingerprint density at radius 2 is 1.69 bits per heavy atom. The van der Waals surface area contributed by atoms with Crippen LogP contribution in [0.15, 0.2) is 60.7 Å². The van der Waals surface area contributed by atoms with Crippen molar-refractivity contribution in [2.45, 2.75) is 72.6 Å². The van der Waals surface area contributed by atoms with Gasteiger partial charge in [0, 0.05) is 54.8 Å². The summed E-state index contributed by atoms with van der Waals surface area (Å²) in [5, 5.41) is 18.0. The summed E-state index contributed by atoms with van der Waals surface area (Å²) < 4.78 is 21.3. The molecular formula is C39H48N4O6. The van der Waals surface area contributed by atoms with E-state index in [-0.39, 0.29) is 13.2 Å². The van der Waals surface area contributed by atoms with Gasteiger partial charge >= 0.3 is 12.1 Å². The maximum atomic E-state index is 13.8. The monoisotopic (exact) mass is 668 g/mol. The summed E-state index contributed by atoms with van der Waals surface area (Å²) in [6.07, 6.45) is 1.39. The van der Waals surface area contributed by atoms with Crippen LogP contribution in [0.5, 0.6) is 5.75 Å². The SMILES string of the molecule is CCOC(=O)c1c(CCCOc2cccc3ccccc23)c2cccc(-c3c(CO)nn(C)c3C)c2n1CCCN(C)C(=O)OC(C)(C)C. The van der Waals surface area contributed by atoms with Crippen LogP contribution >= 0.6 is 0 Å². The number of nitrogens with zero attached hydrogens (tertiary/aromatic N) is 4. The molecule has 2 aromatic heterocycles. The zero-order chi connectivity index (χ0) is 35.3. The van der Waals surface area contributed by atoms with Crippen LogP contribution < -0.4 is 4.74 Å². The maximum absolute atomic E-state index is 13.8. The summed E-state index contributed by atoms with van der Waals surface area (Å²) in [4.78, 5) is 28.1. The summed E-state index contributed by atoms with van der Waals surface area (Å²) >= 11 is 0. The Bertz CT molecular complexity index is 1950. The number of ether oxygens (including phenoxy) is 3. The summed E-state index contributed by atoms with van der Waals surface area (Å²) in [7, 11) is 3.57. The number of carbonyl (C=O) groups is 2. The van der Waals surface area contributed by atoms with E-state index in [2.05, 4.69) is 23.3 Å². The molecule has 5 aromatic rings. The number of hydrogen-bond acceptors (Lipinski definition) is 7. The zero-order valence-corrected chi connectivity index (χ0v) is 29.7. The number of aromatic nitrogens is 3. The molecular weight excluding hydrogens is 620 g/mol. The van der Waals surface area contributed by atoms with E-state index in [0.717, 1.165) is 49.8 Å². The van der Waals surface area contributed by atoms with Gasteiger partial charge in [-0.2, -0.15) is 5.10 Å². The number of hydrogen-bond donors (Lipinski definition) is 1. The van der Waals surface area contributed by atoms with Gasteiger partial charge in [-0.15, -0.1) is 0 Å². The molecule has 49 heavy (non-hydrogen) atoms. The normalized spacial score (nSPS) is 11.7. The molecule has 1 N–H and O–H groups in total. The quantitative estimate of drug-likeness (QED) is 0.103. The maximum Gasteiger partial charge on any atom is 0.410 e. The molecule has 260 valence electrons. The summed E-state index contributed by atoms with van der Waals surface area (Å²) in [5.41, 5.74) is 4.79. The molecule has 3 aromatic carbocycles. The lowest BCUT2D eigenvalue weighted by molar-refractivity contribution is 0.0294. The Morgan fingerprint density at radius 1 is 0.980 bits per heavy atom. The largest absolute Gasteiger partial charge is 0.493 e. The number of aryl methyl sites for hydroxylation is 3. The van der Waals surface area contributed by atoms with Crippen molar-refractivity contribution < 1.29 is 28.9 Å². The molecule has 0 atom stereocenters. The van der Waals surface area contributed by atoms with Gasteiger partial charge in [-0.25, -0.2) is 9.59 Å². The van der Waals surface area contributed by atoms with Gasteiger partial charge in [-0.1, -0.05) is 54.6 Å². The van der Waals surface area contributed by atoms with E-state index in [4.69, 9.17) is 14.2 Å². The van der Waals surface area contributed by atoms with Gasteiger partial charge in [-0.05, 0) is 70.9 Å². The minimum absolute atomic E-state index is 0.224. The van der Waals surface area contributed by atoms with Gasteiger partial charge in [0.25, 0.3) is 0 Å². The first-order valence-electron chi connectivity index (χ1n) is 16.9. The van der Waals surface area contributed by atoms with E-state index < -0.39 is 17.7 Å². The molecule has 0 saturated carbocycles. The number of para-hydroxylation sites is 1. The lowest BCUT2D eigenvalue weighted by Gasteiger charge is -2.24. The third-order valence-electron chi connectivity index (χ3n) is 8.64. The van der Waals surface area contributed by atoms with Crippen molar-refractivity contribution in [3.63, 3.8) is 0 Å². The molecule has 0 spiro atoms. The second-order valence-corrected chi connectivity index (χ2v) is 13.3. The number of aliphatic hydroxyl groups excluding tert-OH is 1. The Labute approximate surface area is 288 Å². The van der Waals surface area contributed by atoms with Gasteiger partial charge in [0.2, 0.25) is 0 Å². The van der Waals surface area contributed by atoms with E-state index in [1.807, 2.05) is 81.8 Å². The van der Waals surface area contributed by atoms with Gasteiger partial charge in [-0.3, -0.25) is 4.68 Å². The van der Waals surface area contributed by atoms with Crippen LogP contribution in [-0.2, 0) is 36.1 Å². The Kier molecular flexibility index (Phi) is 11.0. The van der Waals surface area contributed by atoms with Crippen LogP contribution in [0.4, 0.5) is 4.79 Å². The average molecular weight is 669 g/mol. The molecule has 10 nitrogen and oxygen atoms in total. The number of rotatable bonds is 13. The summed E-state index contributed by atoms with van der Waals surface area (Å²) in [5.74, 6) is 0.423. The van der Waals surface area contributed by atoms with E-state index in [9.17, 15) is 14.7 Å².